The Hall–Kier alpha value is -2.16. The van der Waals surface area contributed by atoms with Crippen molar-refractivity contribution >= 4 is 11.9 Å². The van der Waals surface area contributed by atoms with Crippen LogP contribution in [0.3, 0.4) is 0 Å². The number of hydrogen-bond acceptors (Lipinski definition) is 6. The Kier molecular flexibility index (Phi) is 4.29. The Bertz CT molecular complexity index is 454. The van der Waals surface area contributed by atoms with Gasteiger partial charge in [-0.3, -0.25) is 4.79 Å². The summed E-state index contributed by atoms with van der Waals surface area (Å²) in [6.45, 7) is 1.40. The fourth-order valence-electron chi connectivity index (χ4n) is 1.81. The molecule has 0 saturated carbocycles. The molecule has 0 radical (unpaired) electrons. The van der Waals surface area contributed by atoms with E-state index in [1.54, 1.807) is 0 Å². The van der Waals surface area contributed by atoms with Gasteiger partial charge in [0.1, 0.15) is 0 Å². The van der Waals surface area contributed by atoms with E-state index >= 15 is 0 Å². The Morgan fingerprint density at radius 1 is 1.42 bits per heavy atom. The highest BCUT2D eigenvalue weighted by molar-refractivity contribution is 5.90. The molecule has 9 heteroatoms. The third-order valence-corrected chi connectivity index (χ3v) is 2.71. The Morgan fingerprint density at radius 2 is 2.21 bits per heavy atom. The van der Waals surface area contributed by atoms with Crippen molar-refractivity contribution in [3.05, 3.63) is 11.7 Å². The maximum atomic E-state index is 11.7. The first-order valence-corrected chi connectivity index (χ1v) is 6.05. The SMILES string of the molecule is NC(=O)NCCNC(=O)c1noc(C2CCCN2)n1. The lowest BCUT2D eigenvalue weighted by Crippen LogP contribution is -2.37. The van der Waals surface area contributed by atoms with Crippen LogP contribution in [0.5, 0.6) is 0 Å². The van der Waals surface area contributed by atoms with E-state index in [9.17, 15) is 9.59 Å². The van der Waals surface area contributed by atoms with Gasteiger partial charge in [-0.15, -0.1) is 0 Å². The molecule has 1 aliphatic rings. The molecule has 1 aliphatic heterocycles. The number of nitrogens with two attached hydrogens (primary N) is 1. The summed E-state index contributed by atoms with van der Waals surface area (Å²) < 4.78 is 5.04. The minimum atomic E-state index is -0.636. The lowest BCUT2D eigenvalue weighted by molar-refractivity contribution is 0.0940. The highest BCUT2D eigenvalue weighted by atomic mass is 16.5. The van der Waals surface area contributed by atoms with E-state index in [-0.39, 0.29) is 25.0 Å². The molecule has 1 atom stereocenters. The van der Waals surface area contributed by atoms with E-state index < -0.39 is 11.9 Å². The molecule has 1 aromatic rings. The van der Waals surface area contributed by atoms with Crippen LogP contribution in [0.2, 0.25) is 0 Å². The summed E-state index contributed by atoms with van der Waals surface area (Å²) in [6, 6.07) is -0.603. The second-order valence-corrected chi connectivity index (χ2v) is 4.15. The van der Waals surface area contributed by atoms with Crippen LogP contribution < -0.4 is 21.7 Å². The van der Waals surface area contributed by atoms with Gasteiger partial charge in [-0.05, 0) is 19.4 Å². The molecule has 0 aliphatic carbocycles. The van der Waals surface area contributed by atoms with Crippen molar-refractivity contribution in [3.63, 3.8) is 0 Å². The van der Waals surface area contributed by atoms with Crippen molar-refractivity contribution in [2.75, 3.05) is 19.6 Å². The molecule has 3 amide bonds. The van der Waals surface area contributed by atoms with Crippen molar-refractivity contribution in [2.45, 2.75) is 18.9 Å². The zero-order valence-corrected chi connectivity index (χ0v) is 10.3. The minimum absolute atomic E-state index is 0.0113. The average Bonchev–Trinajstić information content (AvgIpc) is 3.03. The molecule has 2 rings (SSSR count). The number of aromatic nitrogens is 2. The van der Waals surface area contributed by atoms with Crippen LogP contribution in [0, 0.1) is 0 Å². The van der Waals surface area contributed by atoms with E-state index in [1.807, 2.05) is 0 Å². The lowest BCUT2D eigenvalue weighted by atomic mass is 10.2. The monoisotopic (exact) mass is 268 g/mol. The predicted molar refractivity (Wildman–Crippen MR) is 64.2 cm³/mol. The molecule has 9 nitrogen and oxygen atoms in total. The highest BCUT2D eigenvalue weighted by Crippen LogP contribution is 2.20. The molecule has 1 fully saturated rings. The number of urea groups is 1. The van der Waals surface area contributed by atoms with Crippen molar-refractivity contribution in [2.24, 2.45) is 5.73 Å². The van der Waals surface area contributed by atoms with Gasteiger partial charge < -0.3 is 26.2 Å². The number of primary amides is 1. The summed E-state index contributed by atoms with van der Waals surface area (Å²) >= 11 is 0. The van der Waals surface area contributed by atoms with Crippen LogP contribution in [0.25, 0.3) is 0 Å². The maximum absolute atomic E-state index is 11.7. The van der Waals surface area contributed by atoms with Crippen molar-refractivity contribution in [1.82, 2.24) is 26.1 Å². The fourth-order valence-corrected chi connectivity index (χ4v) is 1.81. The molecule has 5 N–H and O–H groups in total. The van der Waals surface area contributed by atoms with Crippen molar-refractivity contribution in [1.29, 1.82) is 0 Å². The molecule has 0 aromatic carbocycles. The first-order chi connectivity index (χ1) is 9.16. The van der Waals surface area contributed by atoms with Gasteiger partial charge in [0.2, 0.25) is 5.89 Å². The van der Waals surface area contributed by atoms with E-state index in [0.717, 1.165) is 19.4 Å². The summed E-state index contributed by atoms with van der Waals surface area (Å²) in [6.07, 6.45) is 1.97. The standard InChI is InChI=1S/C10H16N6O3/c11-10(18)14-5-4-13-8(17)7-15-9(19-16-7)6-2-1-3-12-6/h6,12H,1-5H2,(H,13,17)(H3,11,14,18). The second kappa shape index (κ2) is 6.14. The first-order valence-electron chi connectivity index (χ1n) is 6.05. The molecule has 1 saturated heterocycles. The van der Waals surface area contributed by atoms with Crippen molar-refractivity contribution < 1.29 is 14.1 Å². The van der Waals surface area contributed by atoms with Gasteiger partial charge >= 0.3 is 6.03 Å². The number of nitrogens with one attached hydrogen (secondary N) is 3. The van der Waals surface area contributed by atoms with Crippen LogP contribution in [0.4, 0.5) is 4.79 Å². The van der Waals surface area contributed by atoms with E-state index in [1.165, 1.54) is 0 Å². The molecule has 1 unspecified atom stereocenters. The third-order valence-electron chi connectivity index (χ3n) is 2.71. The summed E-state index contributed by atoms with van der Waals surface area (Å²) in [7, 11) is 0. The Morgan fingerprint density at radius 3 is 2.89 bits per heavy atom. The number of carbonyl (C=O) groups is 2. The van der Waals surface area contributed by atoms with Crippen LogP contribution in [0.15, 0.2) is 4.52 Å². The number of nitrogens with zero attached hydrogens (tertiary/aromatic N) is 2. The largest absolute Gasteiger partial charge is 0.352 e. The van der Waals surface area contributed by atoms with Gasteiger partial charge in [0.25, 0.3) is 11.7 Å². The molecule has 1 aromatic heterocycles. The van der Waals surface area contributed by atoms with Crippen molar-refractivity contribution in [3.8, 4) is 0 Å². The van der Waals surface area contributed by atoms with Gasteiger partial charge in [0.05, 0.1) is 6.04 Å². The van der Waals surface area contributed by atoms with Crippen LogP contribution in [-0.4, -0.2) is 41.7 Å². The van der Waals surface area contributed by atoms with Gasteiger partial charge in [0.15, 0.2) is 0 Å². The van der Waals surface area contributed by atoms with E-state index in [0.29, 0.717) is 5.89 Å². The maximum Gasteiger partial charge on any atom is 0.312 e. The first kappa shape index (κ1) is 13.3. The molecule has 19 heavy (non-hydrogen) atoms. The summed E-state index contributed by atoms with van der Waals surface area (Å²) in [5.74, 6) is -0.0278. The summed E-state index contributed by atoms with van der Waals surface area (Å²) in [5, 5.41) is 11.7. The van der Waals surface area contributed by atoms with Crippen LogP contribution in [0.1, 0.15) is 35.4 Å². The fraction of sp³-hybridized carbons (Fsp3) is 0.600. The molecule has 104 valence electrons. The number of hydrogen-bond donors (Lipinski definition) is 4. The normalized spacial score (nSPS) is 18.2. The Balaban J connectivity index is 1.80. The lowest BCUT2D eigenvalue weighted by Gasteiger charge is -2.02. The van der Waals surface area contributed by atoms with Gasteiger partial charge in [0, 0.05) is 13.1 Å². The Labute approximate surface area is 109 Å². The third kappa shape index (κ3) is 3.65. The molecule has 0 spiro atoms. The minimum Gasteiger partial charge on any atom is -0.352 e. The van der Waals surface area contributed by atoms with Gasteiger partial charge in [-0.1, -0.05) is 5.16 Å². The summed E-state index contributed by atoms with van der Waals surface area (Å²) in [5.41, 5.74) is 4.88. The number of rotatable bonds is 5. The van der Waals surface area contributed by atoms with Gasteiger partial charge in [-0.2, -0.15) is 4.98 Å². The summed E-state index contributed by atoms with van der Waals surface area (Å²) in [4.78, 5) is 26.1. The number of amides is 3. The van der Waals surface area contributed by atoms with Gasteiger partial charge in [-0.25, -0.2) is 4.79 Å². The predicted octanol–water partition coefficient (Wildman–Crippen LogP) is -1.11. The van der Waals surface area contributed by atoms with Crippen LogP contribution in [-0.2, 0) is 0 Å². The molecular formula is C10H16N6O3. The number of carbonyl (C=O) groups excluding carboxylic acids is 2. The topological polar surface area (TPSA) is 135 Å². The van der Waals surface area contributed by atoms with Crippen LogP contribution >= 0.6 is 0 Å². The second-order valence-electron chi connectivity index (χ2n) is 4.15. The zero-order valence-electron chi connectivity index (χ0n) is 10.3. The smallest absolute Gasteiger partial charge is 0.312 e. The van der Waals surface area contributed by atoms with E-state index in [2.05, 4.69) is 26.1 Å². The zero-order chi connectivity index (χ0) is 13.7. The molecule has 2 heterocycles. The van der Waals surface area contributed by atoms with E-state index in [4.69, 9.17) is 10.3 Å². The average molecular weight is 268 g/mol. The highest BCUT2D eigenvalue weighted by Gasteiger charge is 2.24. The molecule has 0 bridgehead atoms. The molecular weight excluding hydrogens is 252 g/mol. The quantitative estimate of drug-likeness (QED) is 0.500.